The molecule has 1 heterocycles. The lowest BCUT2D eigenvalue weighted by Gasteiger charge is -2.36. The van der Waals surface area contributed by atoms with Crippen LogP contribution in [0.2, 0.25) is 0 Å². The van der Waals surface area contributed by atoms with Crippen LogP contribution in [0, 0.1) is 10.1 Å². The van der Waals surface area contributed by atoms with E-state index in [9.17, 15) is 19.7 Å². The van der Waals surface area contributed by atoms with E-state index < -0.39 is 17.2 Å². The van der Waals surface area contributed by atoms with Crippen LogP contribution in [0.4, 0.5) is 5.69 Å². The van der Waals surface area contributed by atoms with Gasteiger partial charge in [0, 0.05) is 26.0 Å². The molecular weight excluding hydrogens is 332 g/mol. The summed E-state index contributed by atoms with van der Waals surface area (Å²) in [6, 6.07) is 5.19. The molecule has 0 unspecified atom stereocenters. The number of non-ortho nitro benzene ring substituents is 1. The van der Waals surface area contributed by atoms with E-state index >= 15 is 0 Å². The van der Waals surface area contributed by atoms with Gasteiger partial charge in [-0.1, -0.05) is 0 Å². The predicted molar refractivity (Wildman–Crippen MR) is 85.9 cm³/mol. The lowest BCUT2D eigenvalue weighted by molar-refractivity contribution is -0.384. The first-order chi connectivity index (χ1) is 11.8. The number of ether oxygens (including phenoxy) is 3. The molecule has 1 saturated heterocycles. The van der Waals surface area contributed by atoms with Crippen LogP contribution in [0.1, 0.15) is 26.7 Å². The number of nitrogens with one attached hydrogen (secondary N) is 1. The van der Waals surface area contributed by atoms with Crippen molar-refractivity contribution in [3.05, 3.63) is 34.4 Å². The number of rotatable bonds is 6. The van der Waals surface area contributed by atoms with Gasteiger partial charge in [-0.2, -0.15) is 0 Å². The summed E-state index contributed by atoms with van der Waals surface area (Å²) in [5, 5.41) is 13.5. The average molecular weight is 352 g/mol. The minimum atomic E-state index is -0.792. The smallest absolute Gasteiger partial charge is 0.302 e. The Morgan fingerprint density at radius 2 is 1.96 bits per heavy atom. The van der Waals surface area contributed by atoms with Crippen molar-refractivity contribution in [3.63, 3.8) is 0 Å². The van der Waals surface area contributed by atoms with Crippen LogP contribution < -0.4 is 10.1 Å². The summed E-state index contributed by atoms with van der Waals surface area (Å²) >= 11 is 0. The van der Waals surface area contributed by atoms with Crippen molar-refractivity contribution in [2.24, 2.45) is 0 Å². The lowest BCUT2D eigenvalue weighted by Crippen LogP contribution is -2.52. The van der Waals surface area contributed by atoms with Gasteiger partial charge in [-0.05, 0) is 25.0 Å². The van der Waals surface area contributed by atoms with Crippen LogP contribution in [0.15, 0.2) is 24.3 Å². The van der Waals surface area contributed by atoms with Gasteiger partial charge in [0.1, 0.15) is 12.4 Å². The fourth-order valence-corrected chi connectivity index (χ4v) is 2.48. The zero-order chi connectivity index (χ0) is 18.4. The maximum Gasteiger partial charge on any atom is 0.302 e. The normalized spacial score (nSPS) is 22.7. The molecule has 1 aliphatic heterocycles. The molecular formula is C16H20N2O7. The molecule has 1 aliphatic rings. The highest BCUT2D eigenvalue weighted by molar-refractivity contribution is 5.73. The van der Waals surface area contributed by atoms with Gasteiger partial charge in [0.15, 0.2) is 0 Å². The second-order valence-corrected chi connectivity index (χ2v) is 5.68. The third-order valence-electron chi connectivity index (χ3n) is 3.62. The van der Waals surface area contributed by atoms with Crippen molar-refractivity contribution in [1.29, 1.82) is 0 Å². The number of nitro benzene ring substituents is 1. The van der Waals surface area contributed by atoms with E-state index in [1.807, 2.05) is 0 Å². The lowest BCUT2D eigenvalue weighted by atomic mass is 10.0. The number of nitrogens with zero attached hydrogens (tertiary/aromatic N) is 1. The van der Waals surface area contributed by atoms with E-state index in [4.69, 9.17) is 14.2 Å². The average Bonchev–Trinajstić information content (AvgIpc) is 2.55. The number of carbonyl (C=O) groups is 2. The number of amides is 1. The summed E-state index contributed by atoms with van der Waals surface area (Å²) in [5.74, 6) is -0.246. The zero-order valence-electron chi connectivity index (χ0n) is 14.0. The molecule has 3 atom stereocenters. The van der Waals surface area contributed by atoms with Crippen LogP contribution in [0.5, 0.6) is 5.75 Å². The second kappa shape index (κ2) is 8.43. The molecule has 1 aromatic rings. The van der Waals surface area contributed by atoms with Gasteiger partial charge < -0.3 is 19.5 Å². The van der Waals surface area contributed by atoms with Gasteiger partial charge in [-0.25, -0.2) is 0 Å². The minimum absolute atomic E-state index is 0.0527. The van der Waals surface area contributed by atoms with Crippen molar-refractivity contribution in [3.8, 4) is 5.75 Å². The maximum atomic E-state index is 11.4. The number of hydrogen-bond donors (Lipinski definition) is 1. The van der Waals surface area contributed by atoms with E-state index in [-0.39, 0.29) is 30.3 Å². The number of nitro groups is 1. The summed E-state index contributed by atoms with van der Waals surface area (Å²) in [6.45, 7) is 2.81. The Kier molecular flexibility index (Phi) is 6.29. The van der Waals surface area contributed by atoms with E-state index in [1.54, 1.807) is 0 Å². The van der Waals surface area contributed by atoms with Crippen LogP contribution in [0.3, 0.4) is 0 Å². The molecule has 1 N–H and O–H groups in total. The highest BCUT2D eigenvalue weighted by Gasteiger charge is 2.34. The van der Waals surface area contributed by atoms with Crippen LogP contribution in [0.25, 0.3) is 0 Å². The Bertz CT molecular complexity index is 632. The summed E-state index contributed by atoms with van der Waals surface area (Å²) in [6.07, 6.45) is 0.0400. The molecule has 1 fully saturated rings. The molecule has 9 heteroatoms. The van der Waals surface area contributed by atoms with Gasteiger partial charge in [0.2, 0.25) is 12.2 Å². The molecule has 9 nitrogen and oxygen atoms in total. The first-order valence-corrected chi connectivity index (χ1v) is 7.82. The molecule has 0 saturated carbocycles. The van der Waals surface area contributed by atoms with Gasteiger partial charge in [-0.3, -0.25) is 19.7 Å². The van der Waals surface area contributed by atoms with Gasteiger partial charge in [-0.15, -0.1) is 0 Å². The largest absolute Gasteiger partial charge is 0.463 e. The van der Waals surface area contributed by atoms with Gasteiger partial charge in [0.05, 0.1) is 17.1 Å². The van der Waals surface area contributed by atoms with E-state index in [0.717, 1.165) is 0 Å². The van der Waals surface area contributed by atoms with E-state index in [1.165, 1.54) is 38.1 Å². The van der Waals surface area contributed by atoms with Crippen LogP contribution in [-0.2, 0) is 19.1 Å². The summed E-state index contributed by atoms with van der Waals surface area (Å²) < 4.78 is 16.5. The maximum absolute atomic E-state index is 11.4. The van der Waals surface area contributed by atoms with Crippen LogP contribution >= 0.6 is 0 Å². The summed E-state index contributed by atoms with van der Waals surface area (Å²) in [5.41, 5.74) is -0.0527. The van der Waals surface area contributed by atoms with E-state index in [2.05, 4.69) is 5.32 Å². The Morgan fingerprint density at radius 1 is 1.28 bits per heavy atom. The quantitative estimate of drug-likeness (QED) is 0.469. The third-order valence-corrected chi connectivity index (χ3v) is 3.62. The Morgan fingerprint density at radius 3 is 2.52 bits per heavy atom. The Labute approximate surface area is 144 Å². The predicted octanol–water partition coefficient (Wildman–Crippen LogP) is 1.55. The van der Waals surface area contributed by atoms with Crippen molar-refractivity contribution >= 4 is 17.6 Å². The molecule has 1 aromatic carbocycles. The fraction of sp³-hybridized carbons (Fsp3) is 0.500. The summed E-state index contributed by atoms with van der Waals surface area (Å²) in [7, 11) is 0. The minimum Gasteiger partial charge on any atom is -0.463 e. The molecule has 0 aromatic heterocycles. The van der Waals surface area contributed by atoms with E-state index in [0.29, 0.717) is 18.6 Å². The Hall–Kier alpha value is -2.68. The molecule has 0 aliphatic carbocycles. The first kappa shape index (κ1) is 18.7. The SMILES string of the molecule is CC(=O)N[C@@H]1CC[C@H](COC(C)=O)O[C@H]1Oc1ccc([N+](=O)[O-])cc1. The van der Waals surface area contributed by atoms with Gasteiger partial charge in [0.25, 0.3) is 5.69 Å². The fourth-order valence-electron chi connectivity index (χ4n) is 2.48. The van der Waals surface area contributed by atoms with Gasteiger partial charge >= 0.3 is 5.97 Å². The number of hydrogen-bond acceptors (Lipinski definition) is 7. The zero-order valence-corrected chi connectivity index (χ0v) is 14.0. The van der Waals surface area contributed by atoms with Crippen molar-refractivity contribution < 1.29 is 28.7 Å². The van der Waals surface area contributed by atoms with Crippen LogP contribution in [-0.4, -0.2) is 41.8 Å². The molecule has 2 rings (SSSR count). The standard InChI is InChI=1S/C16H20N2O7/c1-10(19)17-15-8-7-14(9-23-11(2)20)25-16(15)24-13-5-3-12(4-6-13)18(21)22/h3-6,14-16H,7-9H2,1-2H3,(H,17,19)/t14-,15-,16-/m1/s1. The highest BCUT2D eigenvalue weighted by atomic mass is 16.7. The second-order valence-electron chi connectivity index (χ2n) is 5.68. The number of carbonyl (C=O) groups excluding carboxylic acids is 2. The molecule has 0 spiro atoms. The molecule has 136 valence electrons. The third kappa shape index (κ3) is 5.71. The van der Waals surface area contributed by atoms with Crippen molar-refractivity contribution in [2.75, 3.05) is 6.61 Å². The monoisotopic (exact) mass is 352 g/mol. The highest BCUT2D eigenvalue weighted by Crippen LogP contribution is 2.25. The first-order valence-electron chi connectivity index (χ1n) is 7.82. The molecule has 0 radical (unpaired) electrons. The van der Waals surface area contributed by atoms with Crippen molar-refractivity contribution in [2.45, 2.75) is 45.1 Å². The molecule has 25 heavy (non-hydrogen) atoms. The molecule has 0 bridgehead atoms. The Balaban J connectivity index is 2.05. The number of benzene rings is 1. The number of esters is 1. The summed E-state index contributed by atoms with van der Waals surface area (Å²) in [4.78, 5) is 32.5. The van der Waals surface area contributed by atoms with Crippen molar-refractivity contribution in [1.82, 2.24) is 5.32 Å². The topological polar surface area (TPSA) is 117 Å². The molecule has 1 amide bonds.